The van der Waals surface area contributed by atoms with Crippen LogP contribution in [0.4, 0.5) is 18.9 Å². The summed E-state index contributed by atoms with van der Waals surface area (Å²) in [5, 5.41) is 2.58. The number of halogens is 3. The molecule has 0 aliphatic heterocycles. The molecular weight excluding hydrogens is 449 g/mol. The van der Waals surface area contributed by atoms with Gasteiger partial charge in [0.2, 0.25) is 5.52 Å². The molecule has 30 heavy (non-hydrogen) atoms. The van der Waals surface area contributed by atoms with Gasteiger partial charge in [-0.15, -0.1) is 0 Å². The van der Waals surface area contributed by atoms with E-state index in [1.807, 2.05) is 0 Å². The minimum atomic E-state index is -4.65. The number of methoxy groups -OCH3 is 1. The quantitative estimate of drug-likeness (QED) is 0.349. The second-order valence-corrected chi connectivity index (χ2v) is 10.3. The van der Waals surface area contributed by atoms with Gasteiger partial charge >= 0.3 is 21.4 Å². The molecule has 8 nitrogen and oxygen atoms in total. The molecule has 0 saturated carbocycles. The Labute approximate surface area is 174 Å². The molecule has 0 atom stereocenters. The Bertz CT molecular complexity index is 726. The van der Waals surface area contributed by atoms with E-state index in [1.165, 1.54) is 7.11 Å². The summed E-state index contributed by atoms with van der Waals surface area (Å²) in [5.74, 6) is -0.00732. The van der Waals surface area contributed by atoms with Crippen LogP contribution < -0.4 is 10.1 Å². The molecule has 0 amide bonds. The molecule has 0 fully saturated rings. The van der Waals surface area contributed by atoms with E-state index in [2.05, 4.69) is 5.32 Å². The summed E-state index contributed by atoms with van der Waals surface area (Å²) in [6, 6.07) is 2.66. The lowest BCUT2D eigenvalue weighted by Gasteiger charge is -2.32. The van der Waals surface area contributed by atoms with Crippen LogP contribution in [-0.2, 0) is 33.4 Å². The predicted molar refractivity (Wildman–Crippen MR) is 107 cm³/mol. The van der Waals surface area contributed by atoms with Gasteiger partial charge in [-0.1, -0.05) is 0 Å². The van der Waals surface area contributed by atoms with E-state index in [0.717, 1.165) is 18.2 Å². The Morgan fingerprint density at radius 1 is 0.900 bits per heavy atom. The predicted octanol–water partition coefficient (Wildman–Crippen LogP) is 5.94. The van der Waals surface area contributed by atoms with Gasteiger partial charge in [0.05, 0.1) is 44.8 Å². The van der Waals surface area contributed by atoms with Gasteiger partial charge < -0.3 is 28.1 Å². The second kappa shape index (κ2) is 11.5. The third-order valence-corrected chi connectivity index (χ3v) is 9.27. The molecule has 1 N–H and O–H groups in total. The maximum Gasteiger partial charge on any atom is 0.416 e. The highest BCUT2D eigenvalue weighted by atomic mass is 31.2. The van der Waals surface area contributed by atoms with E-state index < -0.39 is 32.5 Å². The van der Waals surface area contributed by atoms with E-state index in [4.69, 9.17) is 22.8 Å². The van der Waals surface area contributed by atoms with Crippen LogP contribution in [0.3, 0.4) is 0 Å². The smallest absolute Gasteiger partial charge is 0.416 e. The van der Waals surface area contributed by atoms with Crippen molar-refractivity contribution >= 4 is 20.9 Å². The molecule has 0 saturated heterocycles. The van der Waals surface area contributed by atoms with E-state index >= 15 is 0 Å². The summed E-state index contributed by atoms with van der Waals surface area (Å²) in [4.78, 5) is 0. The number of anilines is 1. The lowest BCUT2D eigenvalue weighted by Crippen LogP contribution is -2.26. The first-order valence-electron chi connectivity index (χ1n) is 9.30. The van der Waals surface area contributed by atoms with Crippen molar-refractivity contribution in [2.75, 3.05) is 38.9 Å². The fourth-order valence-electron chi connectivity index (χ4n) is 2.54. The minimum Gasteiger partial charge on any atom is -0.495 e. The van der Waals surface area contributed by atoms with Crippen LogP contribution in [0.5, 0.6) is 5.75 Å². The summed E-state index contributed by atoms with van der Waals surface area (Å²) in [6.45, 7) is 5.86. The molecule has 1 rings (SSSR count). The average Bonchev–Trinajstić information content (AvgIpc) is 2.65. The fraction of sp³-hybridized carbons (Fsp3) is 0.647. The molecule has 174 valence electrons. The maximum atomic E-state index is 13.5. The van der Waals surface area contributed by atoms with Gasteiger partial charge in [0.25, 0.3) is 0 Å². The molecule has 0 aliphatic rings. The highest BCUT2D eigenvalue weighted by molar-refractivity contribution is 7.72. The maximum absolute atomic E-state index is 13.5. The summed E-state index contributed by atoms with van der Waals surface area (Å²) in [7, 11) is -7.20. The van der Waals surface area contributed by atoms with Crippen LogP contribution in [0.15, 0.2) is 18.2 Å². The number of rotatable bonds is 13. The summed E-state index contributed by atoms with van der Waals surface area (Å²) in [5.41, 5.74) is -2.95. The van der Waals surface area contributed by atoms with Crippen LogP contribution in [0.25, 0.3) is 0 Å². The van der Waals surface area contributed by atoms with Crippen molar-refractivity contribution in [3.05, 3.63) is 23.8 Å². The second-order valence-electron chi connectivity index (χ2n) is 5.68. The Balaban J connectivity index is 3.64. The zero-order valence-electron chi connectivity index (χ0n) is 17.5. The molecule has 0 spiro atoms. The van der Waals surface area contributed by atoms with Crippen molar-refractivity contribution in [1.82, 2.24) is 0 Å². The summed E-state index contributed by atoms with van der Waals surface area (Å²) in [6.07, 6.45) is -4.65. The number of hydrogen-bond acceptors (Lipinski definition) is 8. The molecule has 0 aliphatic carbocycles. The van der Waals surface area contributed by atoms with Crippen LogP contribution >= 0.6 is 15.2 Å². The van der Waals surface area contributed by atoms with Crippen molar-refractivity contribution in [2.24, 2.45) is 0 Å². The van der Waals surface area contributed by atoms with Gasteiger partial charge in [-0.3, -0.25) is 9.13 Å². The van der Waals surface area contributed by atoms with Gasteiger partial charge in [0, 0.05) is 0 Å². The molecular formula is C17H28F3NO7P2. The Hall–Kier alpha value is -1.09. The van der Waals surface area contributed by atoms with Gasteiger partial charge in [-0.2, -0.15) is 13.2 Å². The van der Waals surface area contributed by atoms with Crippen LogP contribution in [0.2, 0.25) is 0 Å². The van der Waals surface area contributed by atoms with Crippen LogP contribution in [0, 0.1) is 0 Å². The highest BCUT2D eigenvalue weighted by Crippen LogP contribution is 2.70. The first-order chi connectivity index (χ1) is 14.0. The van der Waals surface area contributed by atoms with Gasteiger partial charge in [0.15, 0.2) is 0 Å². The number of nitrogens with one attached hydrogen (secondary N) is 1. The van der Waals surface area contributed by atoms with Crippen molar-refractivity contribution in [1.29, 1.82) is 0 Å². The first kappa shape index (κ1) is 26.9. The van der Waals surface area contributed by atoms with Crippen molar-refractivity contribution in [3.63, 3.8) is 0 Å². The summed E-state index contributed by atoms with van der Waals surface area (Å²) < 4.78 is 92.9. The first-order valence-corrected chi connectivity index (χ1v) is 12.5. The number of ether oxygens (including phenoxy) is 1. The zero-order valence-corrected chi connectivity index (χ0v) is 19.3. The zero-order chi connectivity index (χ0) is 23.0. The Morgan fingerprint density at radius 2 is 1.33 bits per heavy atom. The van der Waals surface area contributed by atoms with Crippen molar-refractivity contribution < 1.29 is 45.1 Å². The molecule has 0 heterocycles. The largest absolute Gasteiger partial charge is 0.495 e. The van der Waals surface area contributed by atoms with Gasteiger partial charge in [-0.25, -0.2) is 0 Å². The molecule has 13 heteroatoms. The van der Waals surface area contributed by atoms with Gasteiger partial charge in [-0.05, 0) is 45.9 Å². The molecule has 0 aromatic heterocycles. The van der Waals surface area contributed by atoms with Crippen LogP contribution in [-0.4, -0.2) is 39.1 Å². The Kier molecular flexibility index (Phi) is 10.3. The van der Waals surface area contributed by atoms with E-state index in [0.29, 0.717) is 0 Å². The van der Waals surface area contributed by atoms with E-state index in [-0.39, 0.29) is 37.9 Å². The Morgan fingerprint density at radius 3 is 1.67 bits per heavy atom. The average molecular weight is 477 g/mol. The normalized spacial score (nSPS) is 13.0. The fourth-order valence-corrected chi connectivity index (χ4v) is 7.48. The van der Waals surface area contributed by atoms with E-state index in [1.54, 1.807) is 27.7 Å². The topological polar surface area (TPSA) is 92.3 Å². The van der Waals surface area contributed by atoms with Crippen LogP contribution in [0.1, 0.15) is 33.3 Å². The highest BCUT2D eigenvalue weighted by Gasteiger charge is 2.51. The number of benzene rings is 1. The lowest BCUT2D eigenvalue weighted by molar-refractivity contribution is -0.137. The minimum absolute atomic E-state index is 0.00732. The monoisotopic (exact) mass is 477 g/mol. The third kappa shape index (κ3) is 6.70. The molecule has 0 radical (unpaired) electrons. The van der Waals surface area contributed by atoms with Gasteiger partial charge in [0.1, 0.15) is 5.75 Å². The summed E-state index contributed by atoms with van der Waals surface area (Å²) >= 11 is 0. The SMILES string of the molecule is CCOP(=O)(OCC)C(Nc1cc(C(F)(F)F)ccc1OC)P(=O)(OCC)OCC. The van der Waals surface area contributed by atoms with Crippen molar-refractivity contribution in [2.45, 2.75) is 39.4 Å². The lowest BCUT2D eigenvalue weighted by atomic mass is 10.2. The van der Waals surface area contributed by atoms with Crippen molar-refractivity contribution in [3.8, 4) is 5.75 Å². The standard InChI is InChI=1S/C17H28F3NO7P2/c1-6-25-29(22,26-7-2)16(30(23,27-8-3)28-9-4)21-14-12-13(17(18,19)20)10-11-15(14)24-5/h10-12,16,21H,6-9H2,1-5H3. The molecule has 0 unspecified atom stereocenters. The third-order valence-electron chi connectivity index (χ3n) is 3.65. The molecule has 1 aromatic carbocycles. The molecule has 0 bridgehead atoms. The number of alkyl halides is 3. The molecule has 1 aromatic rings. The number of hydrogen-bond donors (Lipinski definition) is 1. The van der Waals surface area contributed by atoms with E-state index in [9.17, 15) is 22.3 Å².